The smallest absolute Gasteiger partial charge is 0.337 e. The summed E-state index contributed by atoms with van der Waals surface area (Å²) in [6.07, 6.45) is 0. The number of benzene rings is 2. The van der Waals surface area contributed by atoms with E-state index in [1.165, 1.54) is 12.7 Å². The molecule has 6 nitrogen and oxygen atoms in total. The second kappa shape index (κ2) is 9.16. The van der Waals surface area contributed by atoms with Crippen molar-refractivity contribution >= 4 is 45.9 Å². The van der Waals surface area contributed by atoms with Crippen LogP contribution in [0.1, 0.15) is 34.0 Å². The molecule has 0 radical (unpaired) electrons. The molecule has 4 rings (SSSR count). The normalized spacial score (nSPS) is 14.1. The Morgan fingerprint density at radius 2 is 1.90 bits per heavy atom. The molecule has 31 heavy (non-hydrogen) atoms. The van der Waals surface area contributed by atoms with Crippen molar-refractivity contribution in [2.45, 2.75) is 13.5 Å². The Hall–Kier alpha value is -3.42. The van der Waals surface area contributed by atoms with Gasteiger partial charge in [0.05, 0.1) is 29.6 Å². The second-order valence-corrected chi connectivity index (χ2v) is 7.85. The van der Waals surface area contributed by atoms with Crippen molar-refractivity contribution in [1.29, 1.82) is 0 Å². The monoisotopic (exact) mass is 433 g/mol. The summed E-state index contributed by atoms with van der Waals surface area (Å²) < 4.78 is 4.79. The summed E-state index contributed by atoms with van der Waals surface area (Å²) in [5, 5.41) is 13.6. The third-order valence-electron chi connectivity index (χ3n) is 5.05. The van der Waals surface area contributed by atoms with Crippen LogP contribution in [0, 0.1) is 0 Å². The molecule has 0 bridgehead atoms. The van der Waals surface area contributed by atoms with Crippen LogP contribution in [0.3, 0.4) is 0 Å². The topological polar surface area (TPSA) is 79.5 Å². The van der Waals surface area contributed by atoms with E-state index < -0.39 is 5.97 Å². The molecule has 0 fully saturated rings. The zero-order valence-corrected chi connectivity index (χ0v) is 18.1. The Morgan fingerprint density at radius 3 is 2.58 bits per heavy atom. The predicted octanol–water partition coefficient (Wildman–Crippen LogP) is 4.58. The first kappa shape index (κ1) is 20.8. The van der Waals surface area contributed by atoms with Gasteiger partial charge in [-0.2, -0.15) is 11.3 Å². The number of hydrogen-bond acceptors (Lipinski definition) is 6. The highest BCUT2D eigenvalue weighted by molar-refractivity contribution is 7.08. The Bertz CT molecular complexity index is 1140. The van der Waals surface area contributed by atoms with E-state index in [-0.39, 0.29) is 5.91 Å². The van der Waals surface area contributed by atoms with E-state index in [0.29, 0.717) is 16.8 Å². The third kappa shape index (κ3) is 4.38. The van der Waals surface area contributed by atoms with Gasteiger partial charge in [0.25, 0.3) is 5.91 Å². The Labute approximate surface area is 184 Å². The fourth-order valence-electron chi connectivity index (χ4n) is 3.47. The third-order valence-corrected chi connectivity index (χ3v) is 5.73. The van der Waals surface area contributed by atoms with E-state index in [1.807, 2.05) is 29.0 Å². The molecule has 0 saturated heterocycles. The summed E-state index contributed by atoms with van der Waals surface area (Å²) in [5.74, 6) is -0.655. The van der Waals surface area contributed by atoms with Crippen LogP contribution in [0.2, 0.25) is 0 Å². The number of esters is 1. The van der Waals surface area contributed by atoms with Crippen molar-refractivity contribution in [2.75, 3.05) is 24.3 Å². The Morgan fingerprint density at radius 1 is 1.10 bits per heavy atom. The first-order valence-corrected chi connectivity index (χ1v) is 10.9. The Balaban J connectivity index is 1.73. The lowest BCUT2D eigenvalue weighted by Gasteiger charge is -2.14. The van der Waals surface area contributed by atoms with E-state index in [4.69, 9.17) is 4.74 Å². The molecule has 1 aliphatic heterocycles. The van der Waals surface area contributed by atoms with Gasteiger partial charge < -0.3 is 20.7 Å². The lowest BCUT2D eigenvalue weighted by molar-refractivity contribution is -0.110. The van der Waals surface area contributed by atoms with E-state index >= 15 is 0 Å². The predicted molar refractivity (Wildman–Crippen MR) is 125 cm³/mol. The van der Waals surface area contributed by atoms with Gasteiger partial charge in [0.2, 0.25) is 0 Å². The molecule has 0 atom stereocenters. The van der Waals surface area contributed by atoms with Crippen molar-refractivity contribution in [2.24, 2.45) is 0 Å². The van der Waals surface area contributed by atoms with Crippen molar-refractivity contribution in [3.05, 3.63) is 81.5 Å². The van der Waals surface area contributed by atoms with E-state index in [9.17, 15) is 9.59 Å². The van der Waals surface area contributed by atoms with E-state index in [1.54, 1.807) is 29.5 Å². The van der Waals surface area contributed by atoms with Crippen LogP contribution in [0.4, 0.5) is 11.4 Å². The minimum absolute atomic E-state index is 0.213. The number of carbonyl (C=O) groups excluding carboxylic acids is 2. The number of nitrogens with one attached hydrogen (secondary N) is 3. The molecule has 2 aromatic carbocycles. The number of hydrogen-bond donors (Lipinski definition) is 3. The lowest BCUT2D eigenvalue weighted by atomic mass is 10.00. The first-order chi connectivity index (χ1) is 15.1. The van der Waals surface area contributed by atoms with Crippen LogP contribution in [-0.2, 0) is 16.1 Å². The largest absolute Gasteiger partial charge is 0.465 e. The van der Waals surface area contributed by atoms with Crippen LogP contribution < -0.4 is 16.0 Å². The fourth-order valence-corrected chi connectivity index (χ4v) is 4.12. The molecule has 158 valence electrons. The van der Waals surface area contributed by atoms with Gasteiger partial charge >= 0.3 is 5.97 Å². The second-order valence-electron chi connectivity index (χ2n) is 7.07. The van der Waals surface area contributed by atoms with Gasteiger partial charge in [-0.3, -0.25) is 4.79 Å². The highest BCUT2D eigenvalue weighted by atomic mass is 32.1. The highest BCUT2D eigenvalue weighted by Crippen LogP contribution is 2.38. The lowest BCUT2D eigenvalue weighted by Crippen LogP contribution is -2.12. The molecule has 0 spiro atoms. The SMILES string of the molecule is CCNCc1ccc(NC(=C2C(=O)Nc3cc(C(=O)OC)ccc32)c2ccsc2)cc1. The summed E-state index contributed by atoms with van der Waals surface area (Å²) in [7, 11) is 1.33. The van der Waals surface area contributed by atoms with Crippen molar-refractivity contribution in [1.82, 2.24) is 5.32 Å². The highest BCUT2D eigenvalue weighted by Gasteiger charge is 2.29. The van der Waals surface area contributed by atoms with Gasteiger partial charge in [-0.05, 0) is 47.8 Å². The molecule has 1 amide bonds. The molecular formula is C24H23N3O3S. The molecule has 0 saturated carbocycles. The van der Waals surface area contributed by atoms with Gasteiger partial charge in [-0.15, -0.1) is 0 Å². The van der Waals surface area contributed by atoms with E-state index in [2.05, 4.69) is 35.0 Å². The zero-order chi connectivity index (χ0) is 21.8. The molecule has 0 aliphatic carbocycles. The Kier molecular flexibility index (Phi) is 6.16. The number of rotatable bonds is 7. The number of amides is 1. The van der Waals surface area contributed by atoms with Gasteiger partial charge in [-0.25, -0.2) is 4.79 Å². The average molecular weight is 434 g/mol. The van der Waals surface area contributed by atoms with Crippen LogP contribution in [0.15, 0.2) is 59.3 Å². The van der Waals surface area contributed by atoms with Gasteiger partial charge in [0, 0.05) is 28.7 Å². The number of thiophene rings is 1. The van der Waals surface area contributed by atoms with Crippen LogP contribution in [0.25, 0.3) is 11.3 Å². The summed E-state index contributed by atoms with van der Waals surface area (Å²) >= 11 is 1.57. The number of ether oxygens (including phenoxy) is 1. The molecular weight excluding hydrogens is 410 g/mol. The van der Waals surface area contributed by atoms with Crippen LogP contribution in [-0.4, -0.2) is 25.5 Å². The van der Waals surface area contributed by atoms with Crippen molar-refractivity contribution < 1.29 is 14.3 Å². The summed E-state index contributed by atoms with van der Waals surface area (Å²) in [6.45, 7) is 3.81. The van der Waals surface area contributed by atoms with Crippen LogP contribution in [0.5, 0.6) is 0 Å². The van der Waals surface area contributed by atoms with Crippen molar-refractivity contribution in [3.63, 3.8) is 0 Å². The number of methoxy groups -OCH3 is 1. The summed E-state index contributed by atoms with van der Waals surface area (Å²) in [6, 6.07) is 15.2. The standard InChI is InChI=1S/C24H23N3O3S/c1-3-25-13-15-4-7-18(8-5-15)26-22(17-10-11-31-14-17)21-19-9-6-16(24(29)30-2)12-20(19)27-23(21)28/h4-12,14,25-26H,3,13H2,1-2H3,(H,27,28). The molecule has 1 aliphatic rings. The molecule has 0 unspecified atom stereocenters. The average Bonchev–Trinajstić information content (AvgIpc) is 3.43. The molecule has 2 heterocycles. The maximum atomic E-state index is 13.0. The number of fused-ring (bicyclic) bond motifs is 1. The number of carbonyl (C=O) groups is 2. The quantitative estimate of drug-likeness (QED) is 0.376. The minimum Gasteiger partial charge on any atom is -0.465 e. The van der Waals surface area contributed by atoms with E-state index in [0.717, 1.165) is 35.6 Å². The summed E-state index contributed by atoms with van der Waals surface area (Å²) in [4.78, 5) is 24.8. The van der Waals surface area contributed by atoms with Crippen molar-refractivity contribution in [3.8, 4) is 0 Å². The maximum Gasteiger partial charge on any atom is 0.337 e. The van der Waals surface area contributed by atoms with Gasteiger partial charge in [-0.1, -0.05) is 25.1 Å². The summed E-state index contributed by atoms with van der Waals surface area (Å²) in [5.41, 5.74) is 6.01. The van der Waals surface area contributed by atoms with Crippen LogP contribution >= 0.6 is 11.3 Å². The molecule has 7 heteroatoms. The fraction of sp³-hybridized carbons (Fsp3) is 0.167. The van der Waals surface area contributed by atoms with Gasteiger partial charge in [0.15, 0.2) is 0 Å². The molecule has 3 N–H and O–H groups in total. The maximum absolute atomic E-state index is 13.0. The van der Waals surface area contributed by atoms with Gasteiger partial charge in [0.1, 0.15) is 0 Å². The number of anilines is 2. The molecule has 1 aromatic heterocycles. The first-order valence-electron chi connectivity index (χ1n) is 9.98. The molecule has 3 aromatic rings. The zero-order valence-electron chi connectivity index (χ0n) is 17.3. The minimum atomic E-state index is -0.441.